The fourth-order valence-electron chi connectivity index (χ4n) is 0.0707. The maximum atomic E-state index is 4.19. The fourth-order valence-corrected chi connectivity index (χ4v) is 0.418. The Hall–Kier alpha value is 0.540. The van der Waals surface area contributed by atoms with Crippen LogP contribution < -0.4 is 0 Å². The Morgan fingerprint density at radius 3 is 2.00 bits per heavy atom. The second-order valence-corrected chi connectivity index (χ2v) is 2.76. The molecule has 0 N–H and O–H groups in total. The molecule has 0 saturated carbocycles. The van der Waals surface area contributed by atoms with Gasteiger partial charge in [0.25, 0.3) is 0 Å². The van der Waals surface area contributed by atoms with Gasteiger partial charge in [-0.15, -0.1) is 0 Å². The van der Waals surface area contributed by atoms with Crippen LogP contribution in [0, 0.1) is 0 Å². The number of hydrogen-bond donors (Lipinski definition) is 0. The van der Waals surface area contributed by atoms with Gasteiger partial charge in [-0.05, 0) is 0 Å². The van der Waals surface area contributed by atoms with Crippen LogP contribution in [-0.4, -0.2) is 5.54 Å². The third kappa shape index (κ3) is 3.15. The zero-order chi connectivity index (χ0) is 5.91. The van der Waals surface area contributed by atoms with Crippen LogP contribution in [-0.2, 0) is 20.9 Å². The number of hydrogen-bond acceptors (Lipinski definition) is 1. The maximum absolute atomic E-state index is 4.19. The molecule has 0 aromatic rings. The SMILES string of the molecule is CCC(C)(C)[N]=[Nb]. The molecule has 0 atom stereocenters. The molecule has 0 saturated heterocycles. The molecule has 0 aromatic heterocycles. The fraction of sp³-hybridized carbons (Fsp3) is 1.00. The molecule has 0 radical (unpaired) electrons. The van der Waals surface area contributed by atoms with Crippen LogP contribution in [0.2, 0.25) is 0 Å². The van der Waals surface area contributed by atoms with Crippen molar-refractivity contribution in [1.82, 2.24) is 0 Å². The Morgan fingerprint density at radius 2 is 2.00 bits per heavy atom. The van der Waals surface area contributed by atoms with Crippen molar-refractivity contribution in [3.63, 3.8) is 0 Å². The molecule has 0 aliphatic rings. The van der Waals surface area contributed by atoms with Gasteiger partial charge in [-0.2, -0.15) is 0 Å². The molecule has 0 spiro atoms. The average Bonchev–Trinajstić information content (AvgIpc) is 1.68. The van der Waals surface area contributed by atoms with E-state index < -0.39 is 0 Å². The summed E-state index contributed by atoms with van der Waals surface area (Å²) in [4.78, 5) is 0. The second-order valence-electron chi connectivity index (χ2n) is 2.27. The minimum absolute atomic E-state index is 0.231. The third-order valence-electron chi connectivity index (χ3n) is 1.14. The summed E-state index contributed by atoms with van der Waals surface area (Å²) in [6, 6.07) is 0. The van der Waals surface area contributed by atoms with E-state index >= 15 is 0 Å². The molecule has 1 nitrogen and oxygen atoms in total. The Kier molecular flexibility index (Phi) is 2.96. The van der Waals surface area contributed by atoms with Gasteiger partial charge in [0.2, 0.25) is 0 Å². The van der Waals surface area contributed by atoms with E-state index in [0.717, 1.165) is 6.42 Å². The first-order chi connectivity index (χ1) is 3.12. The molecule has 0 fully saturated rings. The van der Waals surface area contributed by atoms with E-state index in [1.54, 1.807) is 20.9 Å². The summed E-state index contributed by atoms with van der Waals surface area (Å²) in [7, 11) is 0. The van der Waals surface area contributed by atoms with Crippen molar-refractivity contribution in [2.24, 2.45) is 3.34 Å². The molecule has 0 bridgehead atoms. The molecule has 0 rings (SSSR count). The summed E-state index contributed by atoms with van der Waals surface area (Å²) in [5.74, 6) is 0. The van der Waals surface area contributed by atoms with Crippen LogP contribution in [0.5, 0.6) is 0 Å². The van der Waals surface area contributed by atoms with E-state index in [4.69, 9.17) is 0 Å². The normalized spacial score (nSPS) is 11.1. The van der Waals surface area contributed by atoms with Gasteiger partial charge >= 0.3 is 57.0 Å². The van der Waals surface area contributed by atoms with Crippen LogP contribution in [0.15, 0.2) is 3.34 Å². The summed E-state index contributed by atoms with van der Waals surface area (Å²) in [5, 5.41) is 0. The van der Waals surface area contributed by atoms with Crippen LogP contribution in [0.4, 0.5) is 0 Å². The Morgan fingerprint density at radius 1 is 1.57 bits per heavy atom. The van der Waals surface area contributed by atoms with Gasteiger partial charge in [-0.25, -0.2) is 0 Å². The predicted molar refractivity (Wildman–Crippen MR) is 26.8 cm³/mol. The van der Waals surface area contributed by atoms with Crippen molar-refractivity contribution in [2.45, 2.75) is 32.7 Å². The van der Waals surface area contributed by atoms with E-state index in [1.807, 2.05) is 0 Å². The summed E-state index contributed by atoms with van der Waals surface area (Å²) in [6.45, 7) is 6.44. The van der Waals surface area contributed by atoms with E-state index in [2.05, 4.69) is 24.1 Å². The van der Waals surface area contributed by atoms with Crippen LogP contribution in [0.3, 0.4) is 0 Å². The van der Waals surface area contributed by atoms with Gasteiger partial charge in [0.15, 0.2) is 0 Å². The van der Waals surface area contributed by atoms with Crippen LogP contribution >= 0.6 is 0 Å². The topological polar surface area (TPSA) is 12.4 Å². The monoisotopic (exact) mass is 178 g/mol. The predicted octanol–water partition coefficient (Wildman–Crippen LogP) is 1.91. The van der Waals surface area contributed by atoms with E-state index in [-0.39, 0.29) is 5.54 Å². The molecular weight excluding hydrogens is 167 g/mol. The van der Waals surface area contributed by atoms with E-state index in [9.17, 15) is 0 Å². The quantitative estimate of drug-likeness (QED) is 0.572. The number of nitrogens with zero attached hydrogens (tertiary/aromatic N) is 1. The number of rotatable bonds is 2. The van der Waals surface area contributed by atoms with Crippen LogP contribution in [0.25, 0.3) is 0 Å². The molecule has 2 heteroatoms. The Bertz CT molecular complexity index is 68.5. The molecule has 0 aromatic carbocycles. The first kappa shape index (κ1) is 7.54. The summed E-state index contributed by atoms with van der Waals surface area (Å²) >= 11 is 1.55. The van der Waals surface area contributed by atoms with Gasteiger partial charge in [0.1, 0.15) is 0 Å². The Labute approximate surface area is 57.3 Å². The van der Waals surface area contributed by atoms with E-state index in [0.29, 0.717) is 0 Å². The molecule has 0 aliphatic heterocycles. The molecule has 0 heterocycles. The van der Waals surface area contributed by atoms with Gasteiger partial charge in [0, 0.05) is 0 Å². The molecule has 41 valence electrons. The third-order valence-corrected chi connectivity index (χ3v) is 2.47. The summed E-state index contributed by atoms with van der Waals surface area (Å²) in [6.07, 6.45) is 1.14. The molecular formula is C5H11NNb. The van der Waals surface area contributed by atoms with Crippen molar-refractivity contribution in [3.8, 4) is 0 Å². The molecule has 0 amide bonds. The van der Waals surface area contributed by atoms with Gasteiger partial charge in [-0.3, -0.25) is 0 Å². The first-order valence-electron chi connectivity index (χ1n) is 2.48. The van der Waals surface area contributed by atoms with E-state index in [1.165, 1.54) is 0 Å². The summed E-state index contributed by atoms with van der Waals surface area (Å²) < 4.78 is 4.19. The van der Waals surface area contributed by atoms with Crippen molar-refractivity contribution < 1.29 is 20.9 Å². The molecule has 0 unspecified atom stereocenters. The standard InChI is InChI=1S/C5H11N.Nb/c1-4-5(2,3)6;/h4H2,1-3H3;. The van der Waals surface area contributed by atoms with Crippen molar-refractivity contribution >= 4 is 0 Å². The van der Waals surface area contributed by atoms with Crippen molar-refractivity contribution in [3.05, 3.63) is 0 Å². The van der Waals surface area contributed by atoms with Gasteiger partial charge < -0.3 is 0 Å². The average molecular weight is 178 g/mol. The van der Waals surface area contributed by atoms with Crippen molar-refractivity contribution in [1.29, 1.82) is 0 Å². The van der Waals surface area contributed by atoms with Crippen LogP contribution in [0.1, 0.15) is 27.2 Å². The Balaban J connectivity index is 3.58. The first-order valence-corrected chi connectivity index (χ1v) is 3.47. The zero-order valence-corrected chi connectivity index (χ0v) is 7.30. The van der Waals surface area contributed by atoms with Gasteiger partial charge in [0.05, 0.1) is 0 Å². The molecule has 7 heavy (non-hydrogen) atoms. The zero-order valence-electron chi connectivity index (χ0n) is 5.10. The minimum atomic E-state index is 0.231. The van der Waals surface area contributed by atoms with Gasteiger partial charge in [-0.1, -0.05) is 0 Å². The summed E-state index contributed by atoms with van der Waals surface area (Å²) in [5.41, 5.74) is 0.231. The molecule has 0 aliphatic carbocycles. The second kappa shape index (κ2) is 2.75. The van der Waals surface area contributed by atoms with Crippen molar-refractivity contribution in [2.75, 3.05) is 0 Å².